The van der Waals surface area contributed by atoms with E-state index in [1.54, 1.807) is 4.68 Å². The maximum atomic E-state index is 5.79. The molecule has 0 saturated heterocycles. The number of para-hydroxylation sites is 1. The van der Waals surface area contributed by atoms with Crippen molar-refractivity contribution in [1.29, 1.82) is 0 Å². The van der Waals surface area contributed by atoms with Crippen LogP contribution in [0, 0.1) is 0 Å². The van der Waals surface area contributed by atoms with Crippen LogP contribution in [0.1, 0.15) is 44.0 Å². The second kappa shape index (κ2) is 4.67. The summed E-state index contributed by atoms with van der Waals surface area (Å²) in [5.41, 5.74) is 8.93. The highest BCUT2D eigenvalue weighted by atomic mass is 15.4. The topological polar surface area (TPSA) is 56.7 Å². The maximum absolute atomic E-state index is 5.79. The fourth-order valence-corrected chi connectivity index (χ4v) is 1.79. The molecule has 0 saturated carbocycles. The molecule has 0 fully saturated rings. The summed E-state index contributed by atoms with van der Waals surface area (Å²) < 4.78 is 1.80. The van der Waals surface area contributed by atoms with Crippen molar-refractivity contribution in [3.8, 4) is 5.69 Å². The van der Waals surface area contributed by atoms with Gasteiger partial charge in [-0.05, 0) is 24.5 Å². The lowest BCUT2D eigenvalue weighted by atomic mass is 10.0. The van der Waals surface area contributed by atoms with Crippen molar-refractivity contribution in [2.75, 3.05) is 0 Å². The summed E-state index contributed by atoms with van der Waals surface area (Å²) >= 11 is 0. The van der Waals surface area contributed by atoms with Crippen molar-refractivity contribution in [3.05, 3.63) is 41.7 Å². The fraction of sp³-hybridized carbons (Fsp3) is 0.385. The van der Waals surface area contributed by atoms with Crippen LogP contribution in [-0.2, 0) is 0 Å². The van der Waals surface area contributed by atoms with Gasteiger partial charge >= 0.3 is 0 Å². The van der Waals surface area contributed by atoms with Gasteiger partial charge in [0.2, 0.25) is 0 Å². The molecule has 17 heavy (non-hydrogen) atoms. The number of nitrogens with two attached hydrogens (primary N) is 1. The van der Waals surface area contributed by atoms with Gasteiger partial charge in [0.25, 0.3) is 0 Å². The number of rotatable bonds is 3. The van der Waals surface area contributed by atoms with Gasteiger partial charge in [0.15, 0.2) is 0 Å². The van der Waals surface area contributed by atoms with Gasteiger partial charge in [-0.25, -0.2) is 4.68 Å². The monoisotopic (exact) mass is 230 g/mol. The Balaban J connectivity index is 2.45. The Morgan fingerprint density at radius 2 is 1.88 bits per heavy atom. The van der Waals surface area contributed by atoms with Gasteiger partial charge in [-0.1, -0.05) is 37.3 Å². The Labute approximate surface area is 101 Å². The zero-order valence-electron chi connectivity index (χ0n) is 10.5. The van der Waals surface area contributed by atoms with Crippen molar-refractivity contribution in [3.63, 3.8) is 0 Å². The molecule has 2 aromatic rings. The summed E-state index contributed by atoms with van der Waals surface area (Å²) in [6.45, 7) is 6.24. The zero-order valence-corrected chi connectivity index (χ0v) is 10.5. The quantitative estimate of drug-likeness (QED) is 0.881. The Morgan fingerprint density at radius 1 is 1.18 bits per heavy atom. The van der Waals surface area contributed by atoms with E-state index in [-0.39, 0.29) is 6.04 Å². The summed E-state index contributed by atoms with van der Waals surface area (Å²) in [6, 6.07) is 8.13. The molecular weight excluding hydrogens is 212 g/mol. The fourth-order valence-electron chi connectivity index (χ4n) is 1.79. The Kier molecular flexibility index (Phi) is 3.24. The van der Waals surface area contributed by atoms with Gasteiger partial charge < -0.3 is 5.73 Å². The maximum Gasteiger partial charge on any atom is 0.0995 e. The molecule has 1 unspecified atom stereocenters. The van der Waals surface area contributed by atoms with Gasteiger partial charge in [0.05, 0.1) is 17.6 Å². The molecule has 1 aromatic carbocycles. The average molecular weight is 230 g/mol. The van der Waals surface area contributed by atoms with Crippen LogP contribution in [0.3, 0.4) is 0 Å². The predicted molar refractivity (Wildman–Crippen MR) is 68.1 cm³/mol. The normalized spacial score (nSPS) is 13.0. The van der Waals surface area contributed by atoms with E-state index in [4.69, 9.17) is 5.73 Å². The molecule has 1 heterocycles. The van der Waals surface area contributed by atoms with E-state index in [1.165, 1.54) is 5.56 Å². The van der Waals surface area contributed by atoms with Crippen LogP contribution in [0.25, 0.3) is 5.69 Å². The second-order valence-corrected chi connectivity index (χ2v) is 4.59. The van der Waals surface area contributed by atoms with E-state index in [1.807, 2.05) is 25.3 Å². The molecule has 0 spiro atoms. The van der Waals surface area contributed by atoms with Crippen molar-refractivity contribution in [2.45, 2.75) is 32.7 Å². The van der Waals surface area contributed by atoms with Crippen LogP contribution in [0.5, 0.6) is 0 Å². The van der Waals surface area contributed by atoms with E-state index >= 15 is 0 Å². The van der Waals surface area contributed by atoms with E-state index in [0.717, 1.165) is 11.4 Å². The van der Waals surface area contributed by atoms with Gasteiger partial charge in [0.1, 0.15) is 0 Å². The minimum Gasteiger partial charge on any atom is -0.323 e. The van der Waals surface area contributed by atoms with Crippen molar-refractivity contribution in [2.24, 2.45) is 5.73 Å². The molecule has 1 aromatic heterocycles. The first kappa shape index (κ1) is 11.8. The summed E-state index contributed by atoms with van der Waals surface area (Å²) in [5, 5.41) is 8.22. The van der Waals surface area contributed by atoms with Crippen LogP contribution in [-0.4, -0.2) is 15.0 Å². The summed E-state index contributed by atoms with van der Waals surface area (Å²) in [6.07, 6.45) is 1.89. The molecule has 0 radical (unpaired) electrons. The molecule has 1 atom stereocenters. The standard InChI is InChI=1S/C13H18N4/c1-9(2)11-6-4-5-7-13(11)17-8-12(10(3)14)15-16-17/h4-10H,14H2,1-3H3. The Bertz CT molecular complexity index is 500. The van der Waals surface area contributed by atoms with Crippen LogP contribution in [0.4, 0.5) is 0 Å². The third-order valence-electron chi connectivity index (χ3n) is 2.78. The van der Waals surface area contributed by atoms with Crippen LogP contribution in [0.2, 0.25) is 0 Å². The minimum absolute atomic E-state index is 0.0880. The largest absolute Gasteiger partial charge is 0.323 e. The summed E-state index contributed by atoms with van der Waals surface area (Å²) in [4.78, 5) is 0. The number of aromatic nitrogens is 3. The lowest BCUT2D eigenvalue weighted by Gasteiger charge is -2.11. The van der Waals surface area contributed by atoms with Gasteiger partial charge in [-0.15, -0.1) is 5.10 Å². The van der Waals surface area contributed by atoms with Gasteiger partial charge in [-0.3, -0.25) is 0 Å². The van der Waals surface area contributed by atoms with Crippen molar-refractivity contribution in [1.82, 2.24) is 15.0 Å². The molecule has 0 amide bonds. The lowest BCUT2D eigenvalue weighted by molar-refractivity contribution is 0.748. The molecule has 90 valence electrons. The average Bonchev–Trinajstić information content (AvgIpc) is 2.78. The highest BCUT2D eigenvalue weighted by molar-refractivity contribution is 5.42. The van der Waals surface area contributed by atoms with Crippen LogP contribution >= 0.6 is 0 Å². The Morgan fingerprint density at radius 3 is 2.47 bits per heavy atom. The van der Waals surface area contributed by atoms with E-state index in [9.17, 15) is 0 Å². The predicted octanol–water partition coefficient (Wildman–Crippen LogP) is 2.41. The van der Waals surface area contributed by atoms with Gasteiger partial charge in [-0.2, -0.15) is 0 Å². The van der Waals surface area contributed by atoms with Crippen LogP contribution < -0.4 is 5.73 Å². The van der Waals surface area contributed by atoms with Crippen LogP contribution in [0.15, 0.2) is 30.5 Å². The third-order valence-corrected chi connectivity index (χ3v) is 2.78. The molecule has 0 aliphatic rings. The summed E-state index contributed by atoms with van der Waals surface area (Å²) in [7, 11) is 0. The lowest BCUT2D eigenvalue weighted by Crippen LogP contribution is -2.05. The molecule has 0 aliphatic carbocycles. The first-order chi connectivity index (χ1) is 8.09. The van der Waals surface area contributed by atoms with Gasteiger partial charge in [0, 0.05) is 6.04 Å². The molecular formula is C13H18N4. The number of nitrogens with zero attached hydrogens (tertiary/aromatic N) is 3. The third kappa shape index (κ3) is 2.36. The smallest absolute Gasteiger partial charge is 0.0995 e. The first-order valence-corrected chi connectivity index (χ1v) is 5.86. The van der Waals surface area contributed by atoms with Crippen molar-refractivity contribution >= 4 is 0 Å². The molecule has 0 bridgehead atoms. The number of hydrogen-bond donors (Lipinski definition) is 1. The molecule has 4 heteroatoms. The number of hydrogen-bond acceptors (Lipinski definition) is 3. The Hall–Kier alpha value is -1.68. The summed E-state index contributed by atoms with van der Waals surface area (Å²) in [5.74, 6) is 0.453. The van der Waals surface area contributed by atoms with Crippen molar-refractivity contribution < 1.29 is 0 Å². The SMILES string of the molecule is CC(C)c1ccccc1-n1cc(C(C)N)nn1. The van der Waals surface area contributed by atoms with E-state index < -0.39 is 0 Å². The molecule has 0 aliphatic heterocycles. The van der Waals surface area contributed by atoms with E-state index in [2.05, 4.69) is 36.3 Å². The zero-order chi connectivity index (χ0) is 12.4. The highest BCUT2D eigenvalue weighted by Crippen LogP contribution is 2.22. The van der Waals surface area contributed by atoms with E-state index in [0.29, 0.717) is 5.92 Å². The molecule has 2 N–H and O–H groups in total. The first-order valence-electron chi connectivity index (χ1n) is 5.86. The highest BCUT2D eigenvalue weighted by Gasteiger charge is 2.11. The molecule has 2 rings (SSSR count). The second-order valence-electron chi connectivity index (χ2n) is 4.59. The molecule has 4 nitrogen and oxygen atoms in total. The minimum atomic E-state index is -0.0880. The number of benzene rings is 1.